The molecule has 0 aromatic carbocycles. The molecule has 25 heavy (non-hydrogen) atoms. The average molecular weight is 348 g/mol. The van der Waals surface area contributed by atoms with Gasteiger partial charge < -0.3 is 15.3 Å². The summed E-state index contributed by atoms with van der Waals surface area (Å²) in [5.41, 5.74) is 1.33. The predicted molar refractivity (Wildman–Crippen MR) is 99.2 cm³/mol. The smallest absolute Gasteiger partial charge is 0.327 e. The molecule has 0 radical (unpaired) electrons. The first-order chi connectivity index (χ1) is 11.9. The molecule has 0 bridgehead atoms. The van der Waals surface area contributed by atoms with E-state index in [0.29, 0.717) is 17.6 Å². The third kappa shape index (κ3) is 5.46. The standard InChI is InChI=1S/C21H32O4/c1-3-14(2)7-6-9-18(22)21-17-12-15(8-4-5-10-20(24)25)11-16(17)13-19(21)23/h5,9-10,12,14,16-17,19,21-23H,3-4,6-8,11,13H2,1-2H3,(H,24,25)/t14?,16-,17-,19+,21-/m1/s1. The molecule has 5 atom stereocenters. The van der Waals surface area contributed by atoms with Crippen LogP contribution in [0.5, 0.6) is 0 Å². The molecule has 0 aliphatic heterocycles. The monoisotopic (exact) mass is 348 g/mol. The lowest BCUT2D eigenvalue weighted by Crippen LogP contribution is -2.20. The van der Waals surface area contributed by atoms with E-state index in [2.05, 4.69) is 19.9 Å². The Balaban J connectivity index is 1.93. The number of carboxylic acids is 1. The first-order valence-electron chi connectivity index (χ1n) is 9.58. The Morgan fingerprint density at radius 1 is 1.36 bits per heavy atom. The molecule has 1 saturated carbocycles. The highest BCUT2D eigenvalue weighted by Gasteiger charge is 2.46. The van der Waals surface area contributed by atoms with Crippen molar-refractivity contribution in [2.24, 2.45) is 23.7 Å². The van der Waals surface area contributed by atoms with Gasteiger partial charge in [0.2, 0.25) is 0 Å². The third-order valence-electron chi connectivity index (χ3n) is 5.81. The summed E-state index contributed by atoms with van der Waals surface area (Å²) in [6.07, 6.45) is 12.9. The summed E-state index contributed by atoms with van der Waals surface area (Å²) in [7, 11) is 0. The van der Waals surface area contributed by atoms with Crippen LogP contribution in [0.2, 0.25) is 0 Å². The Hall–Kier alpha value is -1.55. The second kappa shape index (κ2) is 9.23. The fourth-order valence-corrected chi connectivity index (χ4v) is 4.19. The number of aliphatic hydroxyl groups excluding tert-OH is 2. The topological polar surface area (TPSA) is 77.8 Å². The summed E-state index contributed by atoms with van der Waals surface area (Å²) in [5, 5.41) is 29.5. The van der Waals surface area contributed by atoms with Gasteiger partial charge in [-0.3, -0.25) is 0 Å². The number of hydrogen-bond acceptors (Lipinski definition) is 3. The summed E-state index contributed by atoms with van der Waals surface area (Å²) in [4.78, 5) is 10.5. The number of aliphatic carboxylic acids is 1. The Morgan fingerprint density at radius 2 is 2.12 bits per heavy atom. The van der Waals surface area contributed by atoms with Crippen molar-refractivity contribution in [2.75, 3.05) is 0 Å². The molecule has 0 aromatic rings. The van der Waals surface area contributed by atoms with E-state index >= 15 is 0 Å². The minimum Gasteiger partial charge on any atom is -0.512 e. The zero-order valence-corrected chi connectivity index (χ0v) is 15.4. The number of hydrogen-bond donors (Lipinski definition) is 3. The zero-order valence-electron chi connectivity index (χ0n) is 15.4. The predicted octanol–water partition coefficient (Wildman–Crippen LogP) is 4.62. The van der Waals surface area contributed by atoms with Crippen LogP contribution in [0, 0.1) is 23.7 Å². The van der Waals surface area contributed by atoms with Gasteiger partial charge in [-0.1, -0.05) is 38.0 Å². The minimum atomic E-state index is -0.909. The van der Waals surface area contributed by atoms with E-state index in [1.54, 1.807) is 6.08 Å². The van der Waals surface area contributed by atoms with Crippen LogP contribution in [0.4, 0.5) is 0 Å². The van der Waals surface area contributed by atoms with Crippen molar-refractivity contribution in [1.82, 2.24) is 0 Å². The molecule has 0 spiro atoms. The molecule has 4 nitrogen and oxygen atoms in total. The second-order valence-corrected chi connectivity index (χ2v) is 7.69. The van der Waals surface area contributed by atoms with Gasteiger partial charge in [-0.25, -0.2) is 4.79 Å². The maximum absolute atomic E-state index is 10.5. The second-order valence-electron chi connectivity index (χ2n) is 7.69. The van der Waals surface area contributed by atoms with Crippen molar-refractivity contribution >= 4 is 5.97 Å². The van der Waals surface area contributed by atoms with E-state index in [-0.39, 0.29) is 11.8 Å². The van der Waals surface area contributed by atoms with E-state index in [9.17, 15) is 15.0 Å². The van der Waals surface area contributed by atoms with E-state index in [0.717, 1.165) is 44.9 Å². The van der Waals surface area contributed by atoms with Gasteiger partial charge in [0.05, 0.1) is 11.9 Å². The molecule has 0 amide bonds. The quantitative estimate of drug-likeness (QED) is 0.323. The molecule has 4 heteroatoms. The van der Waals surface area contributed by atoms with Crippen molar-refractivity contribution in [3.63, 3.8) is 0 Å². The van der Waals surface area contributed by atoms with Gasteiger partial charge in [0, 0.05) is 12.0 Å². The van der Waals surface area contributed by atoms with E-state index in [1.807, 2.05) is 6.08 Å². The van der Waals surface area contributed by atoms with Crippen molar-refractivity contribution in [3.8, 4) is 0 Å². The number of carboxylic acid groups (broad SMARTS) is 1. The number of fused-ring (bicyclic) bond motifs is 1. The van der Waals surface area contributed by atoms with Crippen molar-refractivity contribution in [2.45, 2.75) is 64.9 Å². The Morgan fingerprint density at radius 3 is 2.80 bits per heavy atom. The van der Waals surface area contributed by atoms with E-state index in [4.69, 9.17) is 5.11 Å². The summed E-state index contributed by atoms with van der Waals surface area (Å²) in [6.45, 7) is 4.40. The van der Waals surface area contributed by atoms with Gasteiger partial charge in [-0.2, -0.15) is 0 Å². The van der Waals surface area contributed by atoms with Gasteiger partial charge in [-0.15, -0.1) is 0 Å². The third-order valence-corrected chi connectivity index (χ3v) is 5.81. The molecule has 2 rings (SSSR count). The highest BCUT2D eigenvalue weighted by molar-refractivity contribution is 5.79. The summed E-state index contributed by atoms with van der Waals surface area (Å²) in [6, 6.07) is 0. The summed E-state index contributed by atoms with van der Waals surface area (Å²) >= 11 is 0. The molecule has 0 saturated heterocycles. The molecule has 0 aromatic heterocycles. The lowest BCUT2D eigenvalue weighted by atomic mass is 9.89. The van der Waals surface area contributed by atoms with Crippen LogP contribution in [0.15, 0.2) is 35.6 Å². The fraction of sp³-hybridized carbons (Fsp3) is 0.667. The highest BCUT2D eigenvalue weighted by atomic mass is 16.4. The molecule has 0 heterocycles. The SMILES string of the molecule is CCC(C)CCC=C(O)[C@H]1[C@@H]2C=C(CCC=CC(=O)O)C[C@@H]2C[C@@H]1O. The van der Waals surface area contributed by atoms with Gasteiger partial charge in [-0.05, 0) is 62.4 Å². The Labute approximate surface area is 151 Å². The van der Waals surface area contributed by atoms with Crippen molar-refractivity contribution < 1.29 is 20.1 Å². The molecule has 2 aliphatic rings. The first kappa shape index (κ1) is 19.8. The lowest BCUT2D eigenvalue weighted by molar-refractivity contribution is -0.131. The Kier molecular flexibility index (Phi) is 7.30. The maximum Gasteiger partial charge on any atom is 0.327 e. The summed E-state index contributed by atoms with van der Waals surface area (Å²) < 4.78 is 0. The number of allylic oxidation sites excluding steroid dienone is 4. The average Bonchev–Trinajstić information content (AvgIpc) is 3.06. The molecular formula is C21H32O4. The van der Waals surface area contributed by atoms with Crippen molar-refractivity contribution in [3.05, 3.63) is 35.6 Å². The van der Waals surface area contributed by atoms with Crippen LogP contribution >= 0.6 is 0 Å². The molecule has 1 fully saturated rings. The maximum atomic E-state index is 10.5. The molecule has 1 unspecified atom stereocenters. The van der Waals surface area contributed by atoms with Crippen LogP contribution in [-0.2, 0) is 4.79 Å². The van der Waals surface area contributed by atoms with Crippen LogP contribution in [-0.4, -0.2) is 27.4 Å². The highest BCUT2D eigenvalue weighted by Crippen LogP contribution is 2.49. The molecule has 2 aliphatic carbocycles. The molecule has 3 N–H and O–H groups in total. The normalized spacial score (nSPS) is 30.5. The molecular weight excluding hydrogens is 316 g/mol. The van der Waals surface area contributed by atoms with Crippen LogP contribution in [0.3, 0.4) is 0 Å². The van der Waals surface area contributed by atoms with Crippen LogP contribution < -0.4 is 0 Å². The minimum absolute atomic E-state index is 0.172. The van der Waals surface area contributed by atoms with Gasteiger partial charge in [0.1, 0.15) is 0 Å². The zero-order chi connectivity index (χ0) is 18.4. The number of rotatable bonds is 9. The van der Waals surface area contributed by atoms with Crippen LogP contribution in [0.1, 0.15) is 58.8 Å². The van der Waals surface area contributed by atoms with E-state index in [1.165, 1.54) is 11.6 Å². The van der Waals surface area contributed by atoms with E-state index < -0.39 is 12.1 Å². The summed E-state index contributed by atoms with van der Waals surface area (Å²) in [5.74, 6) is 0.549. The van der Waals surface area contributed by atoms with Gasteiger partial charge >= 0.3 is 5.97 Å². The van der Waals surface area contributed by atoms with Gasteiger partial charge in [0.15, 0.2) is 0 Å². The first-order valence-corrected chi connectivity index (χ1v) is 9.58. The van der Waals surface area contributed by atoms with Crippen LogP contribution in [0.25, 0.3) is 0 Å². The largest absolute Gasteiger partial charge is 0.512 e. The molecule has 140 valence electrons. The number of carbonyl (C=O) groups is 1. The van der Waals surface area contributed by atoms with Gasteiger partial charge in [0.25, 0.3) is 0 Å². The lowest BCUT2D eigenvalue weighted by Gasteiger charge is -2.19. The Bertz CT molecular complexity index is 546. The number of aliphatic hydroxyl groups is 2. The van der Waals surface area contributed by atoms with Crippen molar-refractivity contribution in [1.29, 1.82) is 0 Å². The fourth-order valence-electron chi connectivity index (χ4n) is 4.19.